The molecular formula is C16H14BrIN2. The van der Waals surface area contributed by atoms with Crippen LogP contribution in [0.1, 0.15) is 16.7 Å². The average Bonchev–Trinajstić information content (AvgIpc) is 2.36. The van der Waals surface area contributed by atoms with Gasteiger partial charge in [-0.2, -0.15) is 0 Å². The van der Waals surface area contributed by atoms with E-state index >= 15 is 0 Å². The first-order chi connectivity index (χ1) is 9.61. The van der Waals surface area contributed by atoms with Crippen LogP contribution in [0.4, 0.5) is 11.4 Å². The van der Waals surface area contributed by atoms with Crippen molar-refractivity contribution >= 4 is 49.9 Å². The number of benzene rings is 2. The first-order valence-electron chi connectivity index (χ1n) is 6.69. The summed E-state index contributed by atoms with van der Waals surface area (Å²) >= 11 is 6.15. The van der Waals surface area contributed by atoms with Gasteiger partial charge in [0.15, 0.2) is 0 Å². The molecule has 2 aliphatic rings. The smallest absolute Gasteiger partial charge is 0.0910 e. The zero-order chi connectivity index (χ0) is 13.9. The molecule has 0 saturated carbocycles. The minimum atomic E-state index is 0.988. The predicted octanol–water partition coefficient (Wildman–Crippen LogP) is 4.66. The number of nitrogens with zero attached hydrogens (tertiary/aromatic N) is 2. The van der Waals surface area contributed by atoms with E-state index in [9.17, 15) is 0 Å². The monoisotopic (exact) mass is 440 g/mol. The van der Waals surface area contributed by atoms with Gasteiger partial charge in [0, 0.05) is 26.8 Å². The number of hydrogen-bond acceptors (Lipinski definition) is 2. The highest BCUT2D eigenvalue weighted by atomic mass is 127. The van der Waals surface area contributed by atoms with E-state index in [-0.39, 0.29) is 0 Å². The summed E-state index contributed by atoms with van der Waals surface area (Å²) in [5.41, 5.74) is 6.94. The Morgan fingerprint density at radius 1 is 1.05 bits per heavy atom. The van der Waals surface area contributed by atoms with Crippen LogP contribution < -0.4 is 9.80 Å². The molecule has 4 heteroatoms. The van der Waals surface area contributed by atoms with Gasteiger partial charge < -0.3 is 9.80 Å². The molecule has 2 bridgehead atoms. The summed E-state index contributed by atoms with van der Waals surface area (Å²) in [6.07, 6.45) is 0. The Morgan fingerprint density at radius 3 is 2.70 bits per heavy atom. The number of halogens is 2. The Hall–Kier alpha value is -0.750. The second-order valence-corrected chi connectivity index (χ2v) is 7.66. The van der Waals surface area contributed by atoms with Crippen LogP contribution in [-0.2, 0) is 13.1 Å². The van der Waals surface area contributed by atoms with Crippen molar-refractivity contribution in [2.45, 2.75) is 20.0 Å². The number of hydrogen-bond donors (Lipinski definition) is 0. The molecule has 0 radical (unpaired) electrons. The van der Waals surface area contributed by atoms with Crippen molar-refractivity contribution in [2.75, 3.05) is 16.5 Å². The molecule has 0 saturated heterocycles. The summed E-state index contributed by atoms with van der Waals surface area (Å²) in [4.78, 5) is 4.95. The molecule has 0 aliphatic carbocycles. The minimum Gasteiger partial charge on any atom is -0.349 e. The van der Waals surface area contributed by atoms with Crippen LogP contribution in [0.15, 0.2) is 34.8 Å². The lowest BCUT2D eigenvalue weighted by atomic mass is 10.0. The van der Waals surface area contributed by atoms with E-state index in [2.05, 4.69) is 85.6 Å². The lowest BCUT2D eigenvalue weighted by Crippen LogP contribution is -2.46. The molecule has 0 N–H and O–H groups in total. The van der Waals surface area contributed by atoms with Crippen LogP contribution in [0.3, 0.4) is 0 Å². The Kier molecular flexibility index (Phi) is 3.00. The molecule has 2 aliphatic heterocycles. The molecule has 0 amide bonds. The minimum absolute atomic E-state index is 0.988. The van der Waals surface area contributed by atoms with Crippen molar-refractivity contribution in [3.05, 3.63) is 55.1 Å². The lowest BCUT2D eigenvalue weighted by Gasteiger charge is -2.45. The van der Waals surface area contributed by atoms with Crippen molar-refractivity contribution in [2.24, 2.45) is 0 Å². The van der Waals surface area contributed by atoms with Crippen LogP contribution in [0.5, 0.6) is 0 Å². The SMILES string of the molecule is Cc1cc(Br)c2c(c1)CN1CN2Cc2cc(I)ccc21. The largest absolute Gasteiger partial charge is 0.349 e. The molecule has 2 nitrogen and oxygen atoms in total. The fraction of sp³-hybridized carbons (Fsp3) is 0.250. The third-order valence-electron chi connectivity index (χ3n) is 4.05. The molecule has 2 aromatic carbocycles. The maximum Gasteiger partial charge on any atom is 0.0910 e. The topological polar surface area (TPSA) is 6.48 Å². The molecule has 0 aromatic heterocycles. The van der Waals surface area contributed by atoms with Gasteiger partial charge in [0.25, 0.3) is 0 Å². The maximum absolute atomic E-state index is 3.75. The summed E-state index contributed by atoms with van der Waals surface area (Å²) in [6.45, 7) is 5.15. The average molecular weight is 441 g/mol. The van der Waals surface area contributed by atoms with E-state index in [0.29, 0.717) is 0 Å². The number of fused-ring (bicyclic) bond motifs is 6. The summed E-state index contributed by atoms with van der Waals surface area (Å²) in [5, 5.41) is 0. The van der Waals surface area contributed by atoms with E-state index in [1.165, 1.54) is 36.1 Å². The zero-order valence-electron chi connectivity index (χ0n) is 11.2. The van der Waals surface area contributed by atoms with Gasteiger partial charge in [0.1, 0.15) is 0 Å². The summed E-state index contributed by atoms with van der Waals surface area (Å²) in [7, 11) is 0. The molecule has 102 valence electrons. The second-order valence-electron chi connectivity index (χ2n) is 5.56. The maximum atomic E-state index is 3.75. The number of anilines is 2. The van der Waals surface area contributed by atoms with Crippen molar-refractivity contribution in [3.8, 4) is 0 Å². The third kappa shape index (κ3) is 1.96. The van der Waals surface area contributed by atoms with Crippen molar-refractivity contribution in [1.82, 2.24) is 0 Å². The van der Waals surface area contributed by atoms with Crippen LogP contribution in [0.2, 0.25) is 0 Å². The predicted molar refractivity (Wildman–Crippen MR) is 95.3 cm³/mol. The quantitative estimate of drug-likeness (QED) is 0.549. The van der Waals surface area contributed by atoms with Crippen molar-refractivity contribution < 1.29 is 0 Å². The van der Waals surface area contributed by atoms with Crippen LogP contribution in [-0.4, -0.2) is 6.67 Å². The van der Waals surface area contributed by atoms with E-state index in [1.807, 2.05) is 0 Å². The first kappa shape index (κ1) is 13.0. The van der Waals surface area contributed by atoms with Gasteiger partial charge in [0.2, 0.25) is 0 Å². The highest BCUT2D eigenvalue weighted by Crippen LogP contribution is 2.42. The highest BCUT2D eigenvalue weighted by Gasteiger charge is 2.30. The molecule has 20 heavy (non-hydrogen) atoms. The Bertz CT molecular complexity index is 714. The van der Waals surface area contributed by atoms with Gasteiger partial charge in [-0.1, -0.05) is 6.07 Å². The summed E-state index contributed by atoms with van der Waals surface area (Å²) in [5.74, 6) is 0. The Labute approximate surface area is 141 Å². The lowest BCUT2D eigenvalue weighted by molar-refractivity contribution is 0.648. The summed E-state index contributed by atoms with van der Waals surface area (Å²) in [6, 6.07) is 11.3. The van der Waals surface area contributed by atoms with Crippen LogP contribution >= 0.6 is 38.5 Å². The van der Waals surface area contributed by atoms with Gasteiger partial charge in [-0.25, -0.2) is 0 Å². The fourth-order valence-corrected chi connectivity index (χ4v) is 4.72. The fourth-order valence-electron chi connectivity index (χ4n) is 3.30. The number of rotatable bonds is 0. The molecule has 2 aromatic rings. The molecule has 0 atom stereocenters. The Morgan fingerprint density at radius 2 is 1.85 bits per heavy atom. The van der Waals surface area contributed by atoms with E-state index in [4.69, 9.17) is 0 Å². The molecule has 0 unspecified atom stereocenters. The van der Waals surface area contributed by atoms with Gasteiger partial charge in [-0.05, 0) is 86.4 Å². The van der Waals surface area contributed by atoms with Gasteiger partial charge in [0.05, 0.1) is 12.4 Å². The first-order valence-corrected chi connectivity index (χ1v) is 8.56. The van der Waals surface area contributed by atoms with Crippen molar-refractivity contribution in [3.63, 3.8) is 0 Å². The highest BCUT2D eigenvalue weighted by molar-refractivity contribution is 14.1. The molecule has 4 rings (SSSR count). The molecule has 2 heterocycles. The van der Waals surface area contributed by atoms with Crippen LogP contribution in [0, 0.1) is 10.5 Å². The molecular weight excluding hydrogens is 427 g/mol. The summed E-state index contributed by atoms with van der Waals surface area (Å²) < 4.78 is 2.54. The van der Waals surface area contributed by atoms with Gasteiger partial charge >= 0.3 is 0 Å². The zero-order valence-corrected chi connectivity index (χ0v) is 14.9. The second kappa shape index (κ2) is 4.63. The normalized spacial score (nSPS) is 15.9. The Balaban J connectivity index is 1.86. The standard InChI is InChI=1S/C16H14BrIN2/c1-10-4-12-8-19-9-20(16(12)14(17)5-10)7-11-6-13(18)2-3-15(11)19/h2-6H,7-9H2,1H3. The molecule has 0 fully saturated rings. The van der Waals surface area contributed by atoms with E-state index < -0.39 is 0 Å². The van der Waals surface area contributed by atoms with E-state index in [1.54, 1.807) is 0 Å². The van der Waals surface area contributed by atoms with Gasteiger partial charge in [-0.3, -0.25) is 0 Å². The number of aryl methyl sites for hydroxylation is 1. The van der Waals surface area contributed by atoms with Crippen LogP contribution in [0.25, 0.3) is 0 Å². The van der Waals surface area contributed by atoms with E-state index in [0.717, 1.165) is 19.8 Å². The van der Waals surface area contributed by atoms with Crippen molar-refractivity contribution in [1.29, 1.82) is 0 Å². The van der Waals surface area contributed by atoms with Gasteiger partial charge in [-0.15, -0.1) is 0 Å². The third-order valence-corrected chi connectivity index (χ3v) is 5.32. The molecule has 0 spiro atoms.